The Morgan fingerprint density at radius 2 is 2.11 bits per heavy atom. The molecule has 1 unspecified atom stereocenters. The molecule has 0 bridgehead atoms. The molecular weight excluding hydrogens is 310 g/mol. The normalized spacial score (nSPS) is 12.2. The first kappa shape index (κ1) is 13.7. The van der Waals surface area contributed by atoms with Gasteiger partial charge in [0.15, 0.2) is 5.82 Å². The maximum Gasteiger partial charge on any atom is 0.274 e. The van der Waals surface area contributed by atoms with Gasteiger partial charge in [0.1, 0.15) is 11.4 Å². The van der Waals surface area contributed by atoms with Gasteiger partial charge in [-0.15, -0.1) is 10.2 Å². The molecule has 0 saturated carbocycles. The van der Waals surface area contributed by atoms with Crippen LogP contribution in [0.25, 0.3) is 11.4 Å². The minimum absolute atomic E-state index is 0.139. The van der Waals surface area contributed by atoms with Crippen molar-refractivity contribution in [3.8, 4) is 17.1 Å². The highest BCUT2D eigenvalue weighted by Gasteiger charge is 2.13. The zero-order valence-corrected chi connectivity index (χ0v) is 12.3. The zero-order chi connectivity index (χ0) is 13.8. The van der Waals surface area contributed by atoms with Gasteiger partial charge in [-0.3, -0.25) is 4.79 Å². The van der Waals surface area contributed by atoms with Gasteiger partial charge >= 0.3 is 0 Å². The number of nitrogens with zero attached hydrogens (tertiary/aromatic N) is 2. The van der Waals surface area contributed by atoms with Crippen LogP contribution in [0.2, 0.25) is 0 Å². The molecular formula is C13H14BrN3O2. The average Bonchev–Trinajstić information content (AvgIpc) is 2.39. The van der Waals surface area contributed by atoms with Gasteiger partial charge in [-0.1, -0.05) is 28.1 Å². The molecule has 1 heterocycles. The quantitative estimate of drug-likeness (QED) is 0.878. The summed E-state index contributed by atoms with van der Waals surface area (Å²) < 4.78 is 5.51. The van der Waals surface area contributed by atoms with Crippen molar-refractivity contribution in [1.29, 1.82) is 0 Å². The molecule has 1 atom stereocenters. The number of aromatic amines is 1. The number of para-hydroxylation sites is 1. The topological polar surface area (TPSA) is 67.9 Å². The van der Waals surface area contributed by atoms with E-state index in [0.29, 0.717) is 23.9 Å². The number of halogens is 1. The number of nitrogens with one attached hydrogen (secondary N) is 1. The predicted molar refractivity (Wildman–Crippen MR) is 76.6 cm³/mol. The summed E-state index contributed by atoms with van der Waals surface area (Å²) in [5.41, 5.74) is 0.834. The number of benzene rings is 1. The number of hydrogen-bond acceptors (Lipinski definition) is 4. The van der Waals surface area contributed by atoms with Crippen molar-refractivity contribution in [2.24, 2.45) is 0 Å². The van der Waals surface area contributed by atoms with Crippen LogP contribution >= 0.6 is 15.9 Å². The smallest absolute Gasteiger partial charge is 0.274 e. The van der Waals surface area contributed by atoms with Crippen LogP contribution in [0.15, 0.2) is 29.1 Å². The third-order valence-corrected chi connectivity index (χ3v) is 2.97. The third-order valence-electron chi connectivity index (χ3n) is 2.54. The Kier molecular flexibility index (Phi) is 4.31. The molecule has 2 rings (SSSR count). The molecule has 1 aromatic heterocycles. The first-order valence-electron chi connectivity index (χ1n) is 5.96. The summed E-state index contributed by atoms with van der Waals surface area (Å²) >= 11 is 3.31. The van der Waals surface area contributed by atoms with Crippen molar-refractivity contribution in [2.45, 2.75) is 18.7 Å². The second-order valence-electron chi connectivity index (χ2n) is 3.93. The Balaban J connectivity index is 2.48. The molecule has 100 valence electrons. The lowest BCUT2D eigenvalue weighted by molar-refractivity contribution is 0.341. The molecule has 19 heavy (non-hydrogen) atoms. The first-order chi connectivity index (χ1) is 9.13. The number of aromatic nitrogens is 3. The predicted octanol–water partition coefficient (Wildman–Crippen LogP) is 2.69. The molecule has 1 N–H and O–H groups in total. The molecule has 0 aliphatic rings. The lowest BCUT2D eigenvalue weighted by Gasteiger charge is -2.09. The van der Waals surface area contributed by atoms with Crippen LogP contribution in [0.3, 0.4) is 0 Å². The molecule has 0 amide bonds. The van der Waals surface area contributed by atoms with Gasteiger partial charge in [0, 0.05) is 0 Å². The first-order valence-corrected chi connectivity index (χ1v) is 6.88. The lowest BCUT2D eigenvalue weighted by Crippen LogP contribution is -2.18. The summed E-state index contributed by atoms with van der Waals surface area (Å²) in [5, 5.41) is 8.02. The van der Waals surface area contributed by atoms with Gasteiger partial charge in [-0.25, -0.2) is 0 Å². The fourth-order valence-corrected chi connectivity index (χ4v) is 1.97. The van der Waals surface area contributed by atoms with E-state index in [1.54, 1.807) is 0 Å². The van der Waals surface area contributed by atoms with Crippen molar-refractivity contribution in [1.82, 2.24) is 15.2 Å². The zero-order valence-electron chi connectivity index (χ0n) is 10.7. The van der Waals surface area contributed by atoms with E-state index in [0.717, 1.165) is 5.56 Å². The summed E-state index contributed by atoms with van der Waals surface area (Å²) in [6.07, 6.45) is 0. The van der Waals surface area contributed by atoms with Crippen LogP contribution in [0.1, 0.15) is 24.4 Å². The fraction of sp³-hybridized carbons (Fsp3) is 0.308. The summed E-state index contributed by atoms with van der Waals surface area (Å²) in [7, 11) is 0. The Hall–Kier alpha value is -1.69. The van der Waals surface area contributed by atoms with Crippen molar-refractivity contribution in [3.63, 3.8) is 0 Å². The largest absolute Gasteiger partial charge is 0.493 e. The van der Waals surface area contributed by atoms with Crippen LogP contribution in [-0.4, -0.2) is 21.8 Å². The van der Waals surface area contributed by atoms with E-state index in [1.807, 2.05) is 38.1 Å². The number of alkyl halides is 1. The molecule has 0 aliphatic heterocycles. The highest BCUT2D eigenvalue weighted by atomic mass is 79.9. The Morgan fingerprint density at radius 3 is 2.74 bits per heavy atom. The van der Waals surface area contributed by atoms with Crippen molar-refractivity contribution in [2.75, 3.05) is 6.61 Å². The molecule has 0 radical (unpaired) electrons. The van der Waals surface area contributed by atoms with Crippen molar-refractivity contribution >= 4 is 15.9 Å². The van der Waals surface area contributed by atoms with Gasteiger partial charge < -0.3 is 9.72 Å². The molecule has 0 saturated heterocycles. The van der Waals surface area contributed by atoms with E-state index in [4.69, 9.17) is 4.74 Å². The molecule has 2 aromatic rings. The standard InChI is InChI=1S/C13H14BrN3O2/c1-3-19-10-7-5-4-6-9(10)12-15-13(18)11(8(2)14)16-17-12/h4-8H,3H2,1-2H3,(H,15,17,18). The highest BCUT2D eigenvalue weighted by molar-refractivity contribution is 9.09. The van der Waals surface area contributed by atoms with Crippen LogP contribution < -0.4 is 10.3 Å². The second kappa shape index (κ2) is 5.97. The maximum atomic E-state index is 11.9. The number of hydrogen-bond donors (Lipinski definition) is 1. The van der Waals surface area contributed by atoms with E-state index >= 15 is 0 Å². The van der Waals surface area contributed by atoms with E-state index in [1.165, 1.54) is 0 Å². The van der Waals surface area contributed by atoms with Crippen LogP contribution in [0, 0.1) is 0 Å². The van der Waals surface area contributed by atoms with Crippen LogP contribution in [0.5, 0.6) is 5.75 Å². The molecule has 6 heteroatoms. The Bertz CT molecular complexity index is 625. The average molecular weight is 324 g/mol. The van der Waals surface area contributed by atoms with Crippen molar-refractivity contribution < 1.29 is 4.74 Å². The van der Waals surface area contributed by atoms with Gasteiger partial charge in [0.2, 0.25) is 0 Å². The van der Waals surface area contributed by atoms with Gasteiger partial charge in [-0.05, 0) is 26.0 Å². The second-order valence-corrected chi connectivity index (χ2v) is 5.31. The lowest BCUT2D eigenvalue weighted by atomic mass is 10.2. The molecule has 0 fully saturated rings. The van der Waals surface area contributed by atoms with Gasteiger partial charge in [0.25, 0.3) is 5.56 Å². The number of ether oxygens (including phenoxy) is 1. The Labute approximate surface area is 119 Å². The van der Waals surface area contributed by atoms with Gasteiger partial charge in [-0.2, -0.15) is 0 Å². The summed E-state index contributed by atoms with van der Waals surface area (Å²) in [5.74, 6) is 1.08. The molecule has 1 aromatic carbocycles. The monoisotopic (exact) mass is 323 g/mol. The molecule has 0 aliphatic carbocycles. The van der Waals surface area contributed by atoms with Gasteiger partial charge in [0.05, 0.1) is 17.0 Å². The number of H-pyrrole nitrogens is 1. The molecule has 5 nitrogen and oxygen atoms in total. The fourth-order valence-electron chi connectivity index (χ4n) is 1.67. The highest BCUT2D eigenvalue weighted by Crippen LogP contribution is 2.26. The summed E-state index contributed by atoms with van der Waals surface area (Å²) in [4.78, 5) is 14.5. The van der Waals surface area contributed by atoms with E-state index in [-0.39, 0.29) is 10.4 Å². The SMILES string of the molecule is CCOc1ccccc1-c1nnc(C(C)Br)c(=O)[nH]1. The van der Waals surface area contributed by atoms with E-state index in [2.05, 4.69) is 31.1 Å². The van der Waals surface area contributed by atoms with E-state index < -0.39 is 0 Å². The third kappa shape index (κ3) is 3.01. The van der Waals surface area contributed by atoms with Crippen LogP contribution in [0.4, 0.5) is 0 Å². The summed E-state index contributed by atoms with van der Waals surface area (Å²) in [6, 6.07) is 7.40. The minimum atomic E-state index is -0.249. The summed E-state index contributed by atoms with van der Waals surface area (Å²) in [6.45, 7) is 4.28. The maximum absolute atomic E-state index is 11.9. The van der Waals surface area contributed by atoms with Crippen molar-refractivity contribution in [3.05, 3.63) is 40.3 Å². The molecule has 0 spiro atoms. The Morgan fingerprint density at radius 1 is 1.37 bits per heavy atom. The van der Waals surface area contributed by atoms with Crippen LogP contribution in [-0.2, 0) is 0 Å². The number of rotatable bonds is 4. The minimum Gasteiger partial charge on any atom is -0.493 e. The van der Waals surface area contributed by atoms with E-state index in [9.17, 15) is 4.79 Å².